The zero-order chi connectivity index (χ0) is 24.7. The first-order chi connectivity index (χ1) is 15.4. The average Bonchev–Trinajstić information content (AvgIpc) is 3.02. The molecule has 0 unspecified atom stereocenters. The van der Waals surface area contributed by atoms with Gasteiger partial charge in [0.2, 0.25) is 11.8 Å². The third-order valence-corrected chi connectivity index (χ3v) is 7.23. The number of hydrogen-bond acceptors (Lipinski definition) is 9. The number of nitrogens with one attached hydrogen (secondary N) is 1. The highest BCUT2D eigenvalue weighted by Gasteiger charge is 2.57. The molecule has 2 N–H and O–H groups in total. The van der Waals surface area contributed by atoms with E-state index >= 15 is 0 Å². The molecule has 2 heterocycles. The summed E-state index contributed by atoms with van der Waals surface area (Å²) in [6, 6.07) is 0.689. The van der Waals surface area contributed by atoms with Gasteiger partial charge in [-0.1, -0.05) is 0 Å². The Morgan fingerprint density at radius 2 is 2.09 bits per heavy atom. The number of carboxylic acids is 1. The maximum atomic E-state index is 13.4. The van der Waals surface area contributed by atoms with E-state index in [-0.39, 0.29) is 12.3 Å². The number of amides is 2. The van der Waals surface area contributed by atoms with E-state index in [1.54, 1.807) is 0 Å². The van der Waals surface area contributed by atoms with Crippen molar-refractivity contribution in [2.24, 2.45) is 0 Å². The van der Waals surface area contributed by atoms with Gasteiger partial charge in [0.05, 0.1) is 37.3 Å². The van der Waals surface area contributed by atoms with E-state index in [1.165, 1.54) is 27.0 Å². The molecule has 2 aliphatic rings. The summed E-state index contributed by atoms with van der Waals surface area (Å²) in [5, 5.41) is 22.6. The molecule has 14 nitrogen and oxygen atoms in total. The van der Waals surface area contributed by atoms with Crippen molar-refractivity contribution in [1.29, 1.82) is 0 Å². The highest BCUT2D eigenvalue weighted by atomic mass is 32.2. The maximum absolute atomic E-state index is 13.4. The number of hydrogen-bond donors (Lipinski definition) is 2. The van der Waals surface area contributed by atoms with Gasteiger partial charge in [-0.05, 0) is 26.0 Å². The molecule has 2 saturated heterocycles. The lowest BCUT2D eigenvalue weighted by molar-refractivity contribution is -0.388. The predicted octanol–water partition coefficient (Wildman–Crippen LogP) is -0.861. The number of aliphatic carboxylic acids is 1. The molecule has 180 valence electrons. The zero-order valence-corrected chi connectivity index (χ0v) is 18.6. The molecule has 1 aromatic carbocycles. The Morgan fingerprint density at radius 3 is 2.67 bits per heavy atom. The smallest absolute Gasteiger partial charge is 0.325 e. The topological polar surface area (TPSA) is 186 Å². The Kier molecular flexibility index (Phi) is 6.58. The predicted molar refractivity (Wildman–Crippen MR) is 109 cm³/mol. The van der Waals surface area contributed by atoms with Crippen LogP contribution in [0.2, 0.25) is 0 Å². The molecule has 2 amide bonds. The molecule has 0 spiro atoms. The number of nitro groups is 1. The summed E-state index contributed by atoms with van der Waals surface area (Å²) in [6.07, 6.45) is -2.08. The lowest BCUT2D eigenvalue weighted by Crippen LogP contribution is -2.61. The fraction of sp³-hybridized carbons (Fsp3) is 0.500. The molecule has 0 aromatic heterocycles. The molecule has 33 heavy (non-hydrogen) atoms. The summed E-state index contributed by atoms with van der Waals surface area (Å²) in [6.45, 7) is 1.90. The Morgan fingerprint density at radius 1 is 1.42 bits per heavy atom. The van der Waals surface area contributed by atoms with Crippen LogP contribution in [0.25, 0.3) is 0 Å². The Labute approximate surface area is 188 Å². The number of sulfonamides is 1. The first-order valence-electron chi connectivity index (χ1n) is 9.70. The summed E-state index contributed by atoms with van der Waals surface area (Å²) >= 11 is 0. The van der Waals surface area contributed by atoms with Gasteiger partial charge in [-0.15, -0.1) is 0 Å². The zero-order valence-electron chi connectivity index (χ0n) is 17.8. The maximum Gasteiger partial charge on any atom is 0.325 e. The summed E-state index contributed by atoms with van der Waals surface area (Å²) in [5.41, 5.74) is -0.724. The van der Waals surface area contributed by atoms with E-state index in [9.17, 15) is 32.9 Å². The Hall–Kier alpha value is -3.30. The largest absolute Gasteiger partial charge is 0.497 e. The molecule has 0 saturated carbocycles. The number of piperazine rings is 1. The second-order valence-electron chi connectivity index (χ2n) is 7.51. The molecule has 2 fully saturated rings. The van der Waals surface area contributed by atoms with Crippen LogP contribution in [0.1, 0.15) is 13.8 Å². The van der Waals surface area contributed by atoms with Gasteiger partial charge in [0.1, 0.15) is 24.1 Å². The highest BCUT2D eigenvalue weighted by molar-refractivity contribution is 7.89. The molecular weight excluding hydrogens is 464 g/mol. The van der Waals surface area contributed by atoms with Crippen LogP contribution < -0.4 is 10.1 Å². The minimum absolute atomic E-state index is 0.0794. The minimum Gasteiger partial charge on any atom is -0.497 e. The Balaban J connectivity index is 1.90. The van der Waals surface area contributed by atoms with E-state index in [0.29, 0.717) is 0 Å². The van der Waals surface area contributed by atoms with Crippen LogP contribution in [0.4, 0.5) is 5.69 Å². The third kappa shape index (κ3) is 4.46. The van der Waals surface area contributed by atoms with Gasteiger partial charge in [0, 0.05) is 0 Å². The van der Waals surface area contributed by atoms with Crippen molar-refractivity contribution in [1.82, 2.24) is 14.5 Å². The number of carbonyl (C=O) groups excluding carboxylic acids is 2. The molecule has 15 heteroatoms. The van der Waals surface area contributed by atoms with Crippen molar-refractivity contribution >= 4 is 33.5 Å². The summed E-state index contributed by atoms with van der Waals surface area (Å²) in [5.74, 6) is -2.67. The second-order valence-corrected chi connectivity index (χ2v) is 9.32. The van der Waals surface area contributed by atoms with Gasteiger partial charge in [-0.3, -0.25) is 24.5 Å². The lowest BCUT2D eigenvalue weighted by atomic mass is 10.1. The van der Waals surface area contributed by atoms with Crippen LogP contribution in [0, 0.1) is 10.1 Å². The summed E-state index contributed by atoms with van der Waals surface area (Å²) in [4.78, 5) is 47.2. The molecule has 0 radical (unpaired) electrons. The van der Waals surface area contributed by atoms with Crippen LogP contribution in [0.15, 0.2) is 23.1 Å². The van der Waals surface area contributed by atoms with Gasteiger partial charge < -0.3 is 24.8 Å². The van der Waals surface area contributed by atoms with Crippen molar-refractivity contribution in [3.63, 3.8) is 0 Å². The fourth-order valence-electron chi connectivity index (χ4n) is 3.73. The number of fused-ring (bicyclic) bond motifs is 2. The molecule has 4 atom stereocenters. The normalized spacial score (nSPS) is 23.8. The second kappa shape index (κ2) is 8.92. The molecule has 2 bridgehead atoms. The van der Waals surface area contributed by atoms with Crippen molar-refractivity contribution in [2.45, 2.75) is 43.2 Å². The van der Waals surface area contributed by atoms with E-state index in [4.69, 9.17) is 14.6 Å². The number of carbonyl (C=O) groups is 3. The van der Waals surface area contributed by atoms with Crippen molar-refractivity contribution in [3.8, 4) is 5.75 Å². The number of methoxy groups -OCH3 is 1. The van der Waals surface area contributed by atoms with Crippen molar-refractivity contribution in [3.05, 3.63) is 28.3 Å². The van der Waals surface area contributed by atoms with Crippen LogP contribution in [-0.2, 0) is 29.1 Å². The van der Waals surface area contributed by atoms with Gasteiger partial charge in [-0.25, -0.2) is 8.42 Å². The van der Waals surface area contributed by atoms with Gasteiger partial charge >= 0.3 is 5.97 Å². The van der Waals surface area contributed by atoms with Crippen molar-refractivity contribution in [2.75, 3.05) is 20.2 Å². The minimum atomic E-state index is -4.56. The Bertz CT molecular complexity index is 1110. The van der Waals surface area contributed by atoms with E-state index in [1.807, 2.05) is 0 Å². The molecule has 1 aromatic rings. The number of benzene rings is 1. The molecule has 2 aliphatic heterocycles. The van der Waals surface area contributed by atoms with Crippen LogP contribution in [-0.4, -0.2) is 90.1 Å². The SMILES string of the molecule is COc1ccc(S(=O)(=O)N2[C@@H]3CN(CC(=O)N[C@@H](C)C(=O)O)C(=O)[C@@H]2[C@@H](C)O3)c([N+](=O)[O-])c1. The van der Waals surface area contributed by atoms with Gasteiger partial charge in [0.25, 0.3) is 15.7 Å². The van der Waals surface area contributed by atoms with E-state index < -0.39 is 74.3 Å². The number of carboxylic acid groups (broad SMARTS) is 1. The lowest BCUT2D eigenvalue weighted by Gasteiger charge is -2.37. The van der Waals surface area contributed by atoms with Crippen LogP contribution in [0.3, 0.4) is 0 Å². The quantitative estimate of drug-likeness (QED) is 0.346. The number of ether oxygens (including phenoxy) is 2. The standard InChI is InChI=1S/C18H22N4O10S/c1-9(18(25)26)19-14(23)7-20-8-15-21(16(17(20)24)10(2)32-15)33(29,30)13-5-4-11(31-3)6-12(13)22(27)28/h4-6,9-10,15-16H,7-8H2,1-3H3,(H,19,23)(H,25,26)/t9-,10+,15-,16-/m0/s1. The third-order valence-electron chi connectivity index (χ3n) is 5.32. The molecule has 0 aliphatic carbocycles. The molecule has 3 rings (SSSR count). The number of nitrogens with zero attached hydrogens (tertiary/aromatic N) is 3. The first kappa shape index (κ1) is 24.3. The summed E-state index contributed by atoms with van der Waals surface area (Å²) < 4.78 is 38.1. The van der Waals surface area contributed by atoms with Gasteiger partial charge in [-0.2, -0.15) is 4.31 Å². The first-order valence-corrected chi connectivity index (χ1v) is 11.1. The number of rotatable bonds is 8. The monoisotopic (exact) mass is 486 g/mol. The summed E-state index contributed by atoms with van der Waals surface area (Å²) in [7, 11) is -3.29. The fourth-order valence-corrected chi connectivity index (χ4v) is 5.59. The molecular formula is C18H22N4O10S. The van der Waals surface area contributed by atoms with Crippen LogP contribution >= 0.6 is 0 Å². The van der Waals surface area contributed by atoms with E-state index in [0.717, 1.165) is 21.3 Å². The van der Waals surface area contributed by atoms with E-state index in [2.05, 4.69) is 5.32 Å². The number of nitro benzene ring substituents is 1. The van der Waals surface area contributed by atoms with Gasteiger partial charge in [0.15, 0.2) is 4.90 Å². The highest BCUT2D eigenvalue weighted by Crippen LogP contribution is 2.38. The van der Waals surface area contributed by atoms with Crippen molar-refractivity contribution < 1.29 is 42.3 Å². The van der Waals surface area contributed by atoms with Crippen LogP contribution in [0.5, 0.6) is 5.75 Å². The average molecular weight is 486 g/mol.